The summed E-state index contributed by atoms with van der Waals surface area (Å²) >= 11 is 6.21. The summed E-state index contributed by atoms with van der Waals surface area (Å²) in [5.74, 6) is 0.419. The van der Waals surface area contributed by atoms with Gasteiger partial charge in [0.15, 0.2) is 0 Å². The van der Waals surface area contributed by atoms with Crippen molar-refractivity contribution in [2.45, 2.75) is 65.8 Å². The fourth-order valence-corrected chi connectivity index (χ4v) is 3.11. The first-order chi connectivity index (χ1) is 11.4. The first kappa shape index (κ1) is 19.7. The summed E-state index contributed by atoms with van der Waals surface area (Å²) in [6.45, 7) is 15.5. The number of hydrogen-bond donors (Lipinski definition) is 2. The van der Waals surface area contributed by atoms with E-state index in [0.29, 0.717) is 12.3 Å². The van der Waals surface area contributed by atoms with Gasteiger partial charge >= 0.3 is 0 Å². The average Bonchev–Trinajstić information content (AvgIpc) is 2.47. The van der Waals surface area contributed by atoms with Crippen LogP contribution in [0.1, 0.15) is 63.8 Å². The van der Waals surface area contributed by atoms with Crippen LogP contribution in [0.4, 0.5) is 5.69 Å². The molecule has 0 saturated heterocycles. The molecule has 0 amide bonds. The zero-order valence-corrected chi connectivity index (χ0v) is 17.2. The molecular weight excluding hydrogens is 330 g/mol. The molecule has 0 heterocycles. The summed E-state index contributed by atoms with van der Waals surface area (Å²) in [5.41, 5.74) is 4.98. The fourth-order valence-electron chi connectivity index (χ4n) is 2.94. The highest BCUT2D eigenvalue weighted by Crippen LogP contribution is 2.40. The number of halogens is 1. The molecule has 0 aromatic heterocycles. The Kier molecular flexibility index (Phi) is 5.44. The average molecular weight is 360 g/mol. The van der Waals surface area contributed by atoms with Crippen molar-refractivity contribution >= 4 is 17.3 Å². The lowest BCUT2D eigenvalue weighted by Gasteiger charge is -2.28. The molecular formula is C22H30ClNO. The van der Waals surface area contributed by atoms with Crippen LogP contribution < -0.4 is 5.32 Å². The Morgan fingerprint density at radius 2 is 1.48 bits per heavy atom. The van der Waals surface area contributed by atoms with Gasteiger partial charge in [-0.25, -0.2) is 0 Å². The zero-order valence-electron chi connectivity index (χ0n) is 16.4. The third-order valence-electron chi connectivity index (χ3n) is 4.54. The lowest BCUT2D eigenvalue weighted by Crippen LogP contribution is -2.18. The minimum absolute atomic E-state index is 0.119. The Bertz CT molecular complexity index is 732. The SMILES string of the molecule is Cc1c(Cl)cccc1NCc1cc(C(C)(C)C)c(O)c(C(C)(C)C)c1. The van der Waals surface area contributed by atoms with E-state index in [4.69, 9.17) is 11.6 Å². The Balaban J connectivity index is 2.42. The fraction of sp³-hybridized carbons (Fsp3) is 0.455. The zero-order chi connectivity index (χ0) is 19.0. The Hall–Kier alpha value is -1.67. The summed E-state index contributed by atoms with van der Waals surface area (Å²) in [4.78, 5) is 0. The molecule has 2 nitrogen and oxygen atoms in total. The van der Waals surface area contributed by atoms with Gasteiger partial charge in [-0.2, -0.15) is 0 Å². The van der Waals surface area contributed by atoms with E-state index in [1.807, 2.05) is 25.1 Å². The van der Waals surface area contributed by atoms with Gasteiger partial charge in [0.2, 0.25) is 0 Å². The van der Waals surface area contributed by atoms with Gasteiger partial charge in [0.25, 0.3) is 0 Å². The van der Waals surface area contributed by atoms with Crippen molar-refractivity contribution in [3.05, 3.63) is 57.6 Å². The second kappa shape index (κ2) is 6.92. The van der Waals surface area contributed by atoms with Crippen molar-refractivity contribution in [3.8, 4) is 5.75 Å². The van der Waals surface area contributed by atoms with E-state index < -0.39 is 0 Å². The molecule has 3 heteroatoms. The van der Waals surface area contributed by atoms with Crippen molar-refractivity contribution in [1.82, 2.24) is 0 Å². The Labute approximate surface area is 157 Å². The number of hydrogen-bond acceptors (Lipinski definition) is 2. The van der Waals surface area contributed by atoms with Crippen LogP contribution in [0.15, 0.2) is 30.3 Å². The van der Waals surface area contributed by atoms with E-state index in [2.05, 4.69) is 59.0 Å². The van der Waals surface area contributed by atoms with E-state index >= 15 is 0 Å². The van der Waals surface area contributed by atoms with Crippen LogP contribution >= 0.6 is 11.6 Å². The molecule has 2 aromatic carbocycles. The molecule has 0 radical (unpaired) electrons. The van der Waals surface area contributed by atoms with E-state index in [0.717, 1.165) is 33.0 Å². The third-order valence-corrected chi connectivity index (χ3v) is 4.95. The highest BCUT2D eigenvalue weighted by Gasteiger charge is 2.26. The normalized spacial score (nSPS) is 12.3. The number of benzene rings is 2. The molecule has 2 aromatic rings. The molecule has 0 bridgehead atoms. The molecule has 2 N–H and O–H groups in total. The van der Waals surface area contributed by atoms with Gasteiger partial charge in [-0.1, -0.05) is 59.2 Å². The molecule has 0 spiro atoms. The van der Waals surface area contributed by atoms with Gasteiger partial charge in [-0.15, -0.1) is 0 Å². The molecule has 0 aliphatic heterocycles. The van der Waals surface area contributed by atoms with Gasteiger partial charge in [0.05, 0.1) is 0 Å². The topological polar surface area (TPSA) is 32.3 Å². The van der Waals surface area contributed by atoms with Crippen LogP contribution in [0, 0.1) is 6.92 Å². The summed E-state index contributed by atoms with van der Waals surface area (Å²) in [6, 6.07) is 10.1. The summed E-state index contributed by atoms with van der Waals surface area (Å²) in [6.07, 6.45) is 0. The van der Waals surface area contributed by atoms with Gasteiger partial charge in [-0.05, 0) is 64.3 Å². The minimum atomic E-state index is -0.119. The van der Waals surface area contributed by atoms with Crippen molar-refractivity contribution in [1.29, 1.82) is 0 Å². The van der Waals surface area contributed by atoms with E-state index in [1.165, 1.54) is 0 Å². The molecule has 0 atom stereocenters. The maximum absolute atomic E-state index is 10.8. The molecule has 0 unspecified atom stereocenters. The molecule has 0 fully saturated rings. The van der Waals surface area contributed by atoms with E-state index in [1.54, 1.807) is 0 Å². The molecule has 0 saturated carbocycles. The number of phenols is 1. The number of nitrogens with one attached hydrogen (secondary N) is 1. The highest BCUT2D eigenvalue weighted by molar-refractivity contribution is 6.31. The first-order valence-corrected chi connectivity index (χ1v) is 9.15. The van der Waals surface area contributed by atoms with Crippen LogP contribution in [0.5, 0.6) is 5.75 Å². The number of aromatic hydroxyl groups is 1. The summed E-state index contributed by atoms with van der Waals surface area (Å²) < 4.78 is 0. The summed E-state index contributed by atoms with van der Waals surface area (Å²) in [7, 11) is 0. The van der Waals surface area contributed by atoms with Gasteiger partial charge in [0.1, 0.15) is 5.75 Å². The van der Waals surface area contributed by atoms with Gasteiger partial charge in [-0.3, -0.25) is 0 Å². The predicted molar refractivity (Wildman–Crippen MR) is 109 cm³/mol. The van der Waals surface area contributed by atoms with Gasteiger partial charge in [0, 0.05) is 17.3 Å². The van der Waals surface area contributed by atoms with Crippen LogP contribution in [-0.4, -0.2) is 5.11 Å². The lowest BCUT2D eigenvalue weighted by atomic mass is 9.78. The largest absolute Gasteiger partial charge is 0.507 e. The van der Waals surface area contributed by atoms with Crippen LogP contribution in [-0.2, 0) is 17.4 Å². The number of anilines is 1. The van der Waals surface area contributed by atoms with Gasteiger partial charge < -0.3 is 10.4 Å². The van der Waals surface area contributed by atoms with E-state index in [9.17, 15) is 5.11 Å². The lowest BCUT2D eigenvalue weighted by molar-refractivity contribution is 0.423. The van der Waals surface area contributed by atoms with Crippen molar-refractivity contribution in [2.75, 3.05) is 5.32 Å². The third kappa shape index (κ3) is 4.49. The Morgan fingerprint density at radius 1 is 0.960 bits per heavy atom. The van der Waals surface area contributed by atoms with Crippen LogP contribution in [0.2, 0.25) is 5.02 Å². The van der Waals surface area contributed by atoms with Crippen molar-refractivity contribution in [3.63, 3.8) is 0 Å². The second-order valence-corrected chi connectivity index (χ2v) is 9.21. The monoisotopic (exact) mass is 359 g/mol. The molecule has 2 rings (SSSR count). The molecule has 136 valence electrons. The van der Waals surface area contributed by atoms with Crippen molar-refractivity contribution < 1.29 is 5.11 Å². The maximum atomic E-state index is 10.8. The minimum Gasteiger partial charge on any atom is -0.507 e. The van der Waals surface area contributed by atoms with Crippen molar-refractivity contribution in [2.24, 2.45) is 0 Å². The predicted octanol–water partition coefficient (Wildman–Crippen LogP) is 6.56. The Morgan fingerprint density at radius 3 is 1.96 bits per heavy atom. The first-order valence-electron chi connectivity index (χ1n) is 8.77. The smallest absolute Gasteiger partial charge is 0.123 e. The standard InChI is InChI=1S/C22H30ClNO/c1-14-18(23)9-8-10-19(14)24-13-15-11-16(21(2,3)4)20(25)17(12-15)22(5,6)7/h8-12,24-25H,13H2,1-7H3. The van der Waals surface area contributed by atoms with Crippen LogP contribution in [0.25, 0.3) is 0 Å². The van der Waals surface area contributed by atoms with E-state index in [-0.39, 0.29) is 10.8 Å². The second-order valence-electron chi connectivity index (χ2n) is 8.81. The number of rotatable bonds is 3. The highest BCUT2D eigenvalue weighted by atomic mass is 35.5. The maximum Gasteiger partial charge on any atom is 0.123 e. The van der Waals surface area contributed by atoms with Crippen LogP contribution in [0.3, 0.4) is 0 Å². The molecule has 0 aliphatic carbocycles. The quantitative estimate of drug-likeness (QED) is 0.650. The molecule has 25 heavy (non-hydrogen) atoms. The summed E-state index contributed by atoms with van der Waals surface area (Å²) in [5, 5.41) is 15.1. The number of phenolic OH excluding ortho intramolecular Hbond substituents is 1. The molecule has 0 aliphatic rings.